The molecule has 0 aliphatic heterocycles. The maximum atomic E-state index is 7.30. The first-order valence-electron chi connectivity index (χ1n) is 6.79. The minimum atomic E-state index is -3.59. The third kappa shape index (κ3) is 3.96. The summed E-state index contributed by atoms with van der Waals surface area (Å²) >= 11 is 0. The van der Waals surface area contributed by atoms with Crippen LogP contribution >= 0.6 is 0 Å². The van der Waals surface area contributed by atoms with Crippen LogP contribution in [0.1, 0.15) is 42.0 Å². The Morgan fingerprint density at radius 1 is 2.00 bits per heavy atom. The van der Waals surface area contributed by atoms with Gasteiger partial charge >= 0.3 is 0 Å². The average molecular weight is 98.2 g/mol. The molecular weight excluding hydrogens is 74.1 g/mol. The Kier molecular flexibility index (Phi) is 0.154. The second-order valence-corrected chi connectivity index (χ2v) is 0.933. The van der Waals surface area contributed by atoms with E-state index in [-0.39, 0.29) is 0 Å². The number of rotatable bonds is 1. The number of hydrogen-bond acceptors (Lipinski definition) is 1. The van der Waals surface area contributed by atoms with E-state index in [0.717, 1.165) is 0 Å². The molecule has 1 nitrogen and oxygen atoms in total. The second kappa shape index (κ2) is 1.61. The van der Waals surface area contributed by atoms with Gasteiger partial charge in [0.15, 0.2) is 0 Å². The van der Waals surface area contributed by atoms with Crippen LogP contribution in [-0.4, -0.2) is 5.54 Å². The molecule has 0 fully saturated rings. The summed E-state index contributed by atoms with van der Waals surface area (Å²) in [4.78, 5) is 0. The van der Waals surface area contributed by atoms with Crippen molar-refractivity contribution < 1.29 is 15.1 Å². The lowest BCUT2D eigenvalue weighted by Gasteiger charge is -2.13. The van der Waals surface area contributed by atoms with Crippen LogP contribution in [0.2, 0.25) is 0 Å². The van der Waals surface area contributed by atoms with Crippen LogP contribution in [0.25, 0.3) is 0 Å². The molecule has 0 heterocycles. The molecule has 0 aromatic heterocycles. The van der Waals surface area contributed by atoms with Gasteiger partial charge in [0.25, 0.3) is 0 Å². The van der Waals surface area contributed by atoms with E-state index in [1.54, 1.807) is 0 Å². The minimum Gasteiger partial charge on any atom is -0.326 e. The first-order chi connectivity index (χ1) is 7.00. The molecule has 0 rings (SSSR count). The maximum Gasteiger partial charge on any atom is 0.0282 e. The van der Waals surface area contributed by atoms with Crippen LogP contribution in [0, 0.1) is 0 Å². The summed E-state index contributed by atoms with van der Waals surface area (Å²) in [5, 5.41) is 0. The Bertz CT molecular complexity index is 266. The summed E-state index contributed by atoms with van der Waals surface area (Å²) in [7, 11) is 0. The molecule has 0 spiro atoms. The predicted molar refractivity (Wildman–Crippen MR) is 28.6 cm³/mol. The van der Waals surface area contributed by atoms with Crippen molar-refractivity contribution in [2.24, 2.45) is 5.73 Å². The van der Waals surface area contributed by atoms with E-state index in [4.69, 9.17) is 20.8 Å². The Labute approximate surface area is 55.0 Å². The van der Waals surface area contributed by atoms with Crippen LogP contribution in [0.4, 0.5) is 0 Å². The smallest absolute Gasteiger partial charge is 0.0282 e. The fourth-order valence-electron chi connectivity index (χ4n) is 0. The van der Waals surface area contributed by atoms with Crippen molar-refractivity contribution in [2.75, 3.05) is 0 Å². The zero-order valence-corrected chi connectivity index (χ0v) is 3.08. The predicted octanol–water partition coefficient (Wildman–Crippen LogP) is 1.13. The highest BCUT2D eigenvalue weighted by atomic mass is 14.7. The molecule has 0 bridgehead atoms. The third-order valence-electron chi connectivity index (χ3n) is 0.197. The summed E-state index contributed by atoms with van der Waals surface area (Å²) in [6.07, 6.45) is -3.59. The van der Waals surface area contributed by atoms with Gasteiger partial charge in [0.2, 0.25) is 0 Å². The molecule has 0 atom stereocenters. The third-order valence-corrected chi connectivity index (χ3v) is 0.197. The molecule has 0 aromatic rings. The molecule has 0 amide bonds. The average Bonchev–Trinajstić information content (AvgIpc) is 1.95. The molecule has 6 heavy (non-hydrogen) atoms. The molecule has 0 unspecified atom stereocenters. The van der Waals surface area contributed by atoms with E-state index in [1.807, 2.05) is 0 Å². The molecular formula is C5H13N. The summed E-state index contributed by atoms with van der Waals surface area (Å²) in [5.74, 6) is 0. The lowest BCUT2D eigenvalue weighted by molar-refractivity contribution is 0.501. The van der Waals surface area contributed by atoms with E-state index in [1.165, 1.54) is 0 Å². The van der Waals surface area contributed by atoms with Crippen LogP contribution in [0.5, 0.6) is 0 Å². The lowest BCUT2D eigenvalue weighted by Crippen LogP contribution is -2.30. The van der Waals surface area contributed by atoms with Gasteiger partial charge in [0.1, 0.15) is 0 Å². The van der Waals surface area contributed by atoms with E-state index in [9.17, 15) is 0 Å². The highest BCUT2D eigenvalue weighted by Crippen LogP contribution is 1.99. The van der Waals surface area contributed by atoms with Crippen LogP contribution < -0.4 is 5.73 Å². The van der Waals surface area contributed by atoms with Crippen molar-refractivity contribution >= 4 is 0 Å². The molecule has 0 radical (unpaired) electrons. The van der Waals surface area contributed by atoms with Gasteiger partial charge in [-0.2, -0.15) is 0 Å². The fourth-order valence-corrected chi connectivity index (χ4v) is 0. The van der Waals surface area contributed by atoms with E-state index >= 15 is 0 Å². The SMILES string of the molecule is [2H]C([2H])([2H])C([2H])([2H])C(N)(C([2H])([2H])[2H])C([2H])([2H])[2H]. The normalized spacial score (nSPS) is 47.8. The molecule has 1 heteroatoms. The molecule has 2 N–H and O–H groups in total. The Hall–Kier alpha value is -0.0400. The molecule has 0 aliphatic rings. The second-order valence-electron chi connectivity index (χ2n) is 0.933. The first-order valence-corrected chi connectivity index (χ1v) is 1.29. The van der Waals surface area contributed by atoms with Crippen molar-refractivity contribution in [2.45, 2.75) is 32.5 Å². The zero-order chi connectivity index (χ0) is 14.5. The van der Waals surface area contributed by atoms with Gasteiger partial charge in [-0.15, -0.1) is 0 Å². The molecule has 38 valence electrons. The van der Waals surface area contributed by atoms with Crippen molar-refractivity contribution in [1.82, 2.24) is 0 Å². The van der Waals surface area contributed by atoms with Crippen molar-refractivity contribution in [1.29, 1.82) is 0 Å². The standard InChI is InChI=1S/C5H13N/c1-4-5(2,3)6/h4,6H2,1-3H3/i1D3,2D3,3D3,4D2. The summed E-state index contributed by atoms with van der Waals surface area (Å²) < 4.78 is 77.6. The number of hydrogen-bond donors (Lipinski definition) is 1. The maximum absolute atomic E-state index is 7.30. The van der Waals surface area contributed by atoms with Gasteiger partial charge in [0.05, 0.1) is 0 Å². The zero-order valence-electron chi connectivity index (χ0n) is 14.1. The van der Waals surface area contributed by atoms with Gasteiger partial charge in [0, 0.05) is 20.6 Å². The highest BCUT2D eigenvalue weighted by molar-refractivity contribution is 4.66. The fraction of sp³-hybridized carbons (Fsp3) is 1.00. The van der Waals surface area contributed by atoms with Gasteiger partial charge < -0.3 is 5.73 Å². The van der Waals surface area contributed by atoms with Crippen molar-refractivity contribution in [3.8, 4) is 0 Å². The van der Waals surface area contributed by atoms with Gasteiger partial charge in [-0.1, -0.05) is 6.85 Å². The van der Waals surface area contributed by atoms with Crippen LogP contribution in [-0.2, 0) is 0 Å². The quantitative estimate of drug-likeness (QED) is 0.523. The summed E-state index contributed by atoms with van der Waals surface area (Å²) in [6, 6.07) is 0. The monoisotopic (exact) mass is 98.2 g/mol. The Morgan fingerprint density at radius 3 is 2.83 bits per heavy atom. The summed E-state index contributed by atoms with van der Waals surface area (Å²) in [5.41, 5.74) is 1.68. The van der Waals surface area contributed by atoms with E-state index in [2.05, 4.69) is 0 Å². The molecule has 0 aromatic carbocycles. The van der Waals surface area contributed by atoms with Crippen LogP contribution in [0.3, 0.4) is 0 Å². The van der Waals surface area contributed by atoms with Gasteiger partial charge in [-0.3, -0.25) is 0 Å². The Morgan fingerprint density at radius 2 is 2.67 bits per heavy atom. The van der Waals surface area contributed by atoms with Crippen molar-refractivity contribution in [3.63, 3.8) is 0 Å². The molecule has 0 aliphatic carbocycles. The topological polar surface area (TPSA) is 26.0 Å². The first kappa shape index (κ1) is 0.576. The van der Waals surface area contributed by atoms with E-state index in [0.29, 0.717) is 0 Å². The van der Waals surface area contributed by atoms with Gasteiger partial charge in [-0.25, -0.2) is 0 Å². The van der Waals surface area contributed by atoms with Crippen LogP contribution in [0.15, 0.2) is 0 Å². The largest absolute Gasteiger partial charge is 0.326 e. The van der Waals surface area contributed by atoms with Gasteiger partial charge in [-0.05, 0) is 20.1 Å². The van der Waals surface area contributed by atoms with Crippen molar-refractivity contribution in [3.05, 3.63) is 0 Å². The number of nitrogens with two attached hydrogens (primary N) is 1. The molecule has 0 saturated heterocycles. The molecule has 0 saturated carbocycles. The summed E-state index contributed by atoms with van der Waals surface area (Å²) in [6.45, 7) is -10.4. The highest BCUT2D eigenvalue weighted by Gasteiger charge is 2.03. The van der Waals surface area contributed by atoms with E-state index < -0.39 is 32.5 Å². The minimum absolute atomic E-state index is 3.47. The lowest BCUT2D eigenvalue weighted by atomic mass is 10.1. The Balaban J connectivity index is 6.04.